The van der Waals surface area contributed by atoms with Crippen LogP contribution in [0.5, 0.6) is 0 Å². The van der Waals surface area contributed by atoms with E-state index >= 15 is 0 Å². The zero-order chi connectivity index (χ0) is 18.5. The van der Waals surface area contributed by atoms with E-state index in [9.17, 15) is 9.59 Å². The molecule has 7 heteroatoms. The summed E-state index contributed by atoms with van der Waals surface area (Å²) in [6, 6.07) is 0. The predicted octanol–water partition coefficient (Wildman–Crippen LogP) is 3.80. The van der Waals surface area contributed by atoms with Gasteiger partial charge in [0.1, 0.15) is 10.5 Å². The maximum Gasteiger partial charge on any atom is 0.408 e. The molecule has 1 heterocycles. The average molecular weight is 368 g/mol. The summed E-state index contributed by atoms with van der Waals surface area (Å²) in [4.78, 5) is 29.4. The topological polar surface area (TPSA) is 80.3 Å². The minimum Gasteiger partial charge on any atom is -0.444 e. The Hall–Kier alpha value is -1.63. The second-order valence-corrected chi connectivity index (χ2v) is 8.98. The SMILES string of the molecule is Cc1ncc(C(=O)NCC2(NC(=O)OC(C)(C)C)CCCCCC2)s1. The highest BCUT2D eigenvalue weighted by atomic mass is 32.1. The number of nitrogens with one attached hydrogen (secondary N) is 2. The number of ether oxygens (including phenoxy) is 1. The van der Waals surface area contributed by atoms with Gasteiger partial charge in [-0.15, -0.1) is 11.3 Å². The van der Waals surface area contributed by atoms with Crippen molar-refractivity contribution in [3.63, 3.8) is 0 Å². The second-order valence-electron chi connectivity index (χ2n) is 7.75. The van der Waals surface area contributed by atoms with Gasteiger partial charge in [-0.1, -0.05) is 25.7 Å². The van der Waals surface area contributed by atoms with Crippen molar-refractivity contribution in [3.8, 4) is 0 Å². The lowest BCUT2D eigenvalue weighted by molar-refractivity contribution is 0.0437. The summed E-state index contributed by atoms with van der Waals surface area (Å²) < 4.78 is 5.43. The van der Waals surface area contributed by atoms with Crippen molar-refractivity contribution in [2.45, 2.75) is 77.4 Å². The van der Waals surface area contributed by atoms with Gasteiger partial charge < -0.3 is 15.4 Å². The normalized spacial score (nSPS) is 17.4. The van der Waals surface area contributed by atoms with Crippen LogP contribution < -0.4 is 10.6 Å². The number of hydrogen-bond donors (Lipinski definition) is 2. The molecule has 25 heavy (non-hydrogen) atoms. The molecule has 1 saturated carbocycles. The zero-order valence-electron chi connectivity index (χ0n) is 15.6. The molecule has 140 valence electrons. The molecule has 1 fully saturated rings. The van der Waals surface area contributed by atoms with Gasteiger partial charge in [0, 0.05) is 6.54 Å². The molecule has 0 aliphatic heterocycles. The molecule has 0 spiro atoms. The maximum atomic E-state index is 12.4. The number of carbonyl (C=O) groups excluding carboxylic acids is 2. The van der Waals surface area contributed by atoms with E-state index in [0.29, 0.717) is 11.4 Å². The predicted molar refractivity (Wildman–Crippen MR) is 99.0 cm³/mol. The van der Waals surface area contributed by atoms with Gasteiger partial charge in [-0.25, -0.2) is 9.78 Å². The highest BCUT2D eigenvalue weighted by Crippen LogP contribution is 2.27. The van der Waals surface area contributed by atoms with E-state index < -0.39 is 17.2 Å². The summed E-state index contributed by atoms with van der Waals surface area (Å²) in [6.45, 7) is 7.82. The Morgan fingerprint density at radius 1 is 1.24 bits per heavy atom. The number of carbonyl (C=O) groups is 2. The minimum absolute atomic E-state index is 0.139. The van der Waals surface area contributed by atoms with Crippen LogP contribution in [-0.2, 0) is 4.74 Å². The first-order valence-electron chi connectivity index (χ1n) is 8.91. The van der Waals surface area contributed by atoms with E-state index in [1.54, 1.807) is 6.20 Å². The molecule has 2 amide bonds. The Balaban J connectivity index is 2.04. The molecule has 1 aliphatic carbocycles. The molecule has 0 bridgehead atoms. The lowest BCUT2D eigenvalue weighted by Gasteiger charge is -2.35. The van der Waals surface area contributed by atoms with Gasteiger partial charge in [0.05, 0.1) is 16.7 Å². The number of thiazole rings is 1. The van der Waals surface area contributed by atoms with Crippen molar-refractivity contribution in [1.29, 1.82) is 0 Å². The molecule has 0 radical (unpaired) electrons. The quantitative estimate of drug-likeness (QED) is 0.793. The van der Waals surface area contributed by atoms with Crippen molar-refractivity contribution in [3.05, 3.63) is 16.1 Å². The standard InChI is InChI=1S/C18H29N3O3S/c1-13-19-11-14(25-13)15(22)20-12-18(9-7-5-6-8-10-18)21-16(23)24-17(2,3)4/h11H,5-10,12H2,1-4H3,(H,20,22)(H,21,23). The monoisotopic (exact) mass is 367 g/mol. The third kappa shape index (κ3) is 6.30. The molecule has 1 aromatic heterocycles. The first-order chi connectivity index (χ1) is 11.7. The Morgan fingerprint density at radius 2 is 1.88 bits per heavy atom. The summed E-state index contributed by atoms with van der Waals surface area (Å²) in [6.07, 6.45) is 7.23. The third-order valence-corrected chi connectivity index (χ3v) is 5.17. The van der Waals surface area contributed by atoms with Crippen molar-refractivity contribution in [2.75, 3.05) is 6.54 Å². The number of alkyl carbamates (subject to hydrolysis) is 1. The van der Waals surface area contributed by atoms with E-state index in [0.717, 1.165) is 43.5 Å². The molecular weight excluding hydrogens is 338 g/mol. The van der Waals surface area contributed by atoms with Crippen LogP contribution in [0.2, 0.25) is 0 Å². The Bertz CT molecular complexity index is 599. The summed E-state index contributed by atoms with van der Waals surface area (Å²) >= 11 is 1.37. The van der Waals surface area contributed by atoms with Crippen molar-refractivity contribution in [1.82, 2.24) is 15.6 Å². The highest BCUT2D eigenvalue weighted by molar-refractivity contribution is 7.13. The lowest BCUT2D eigenvalue weighted by atomic mass is 9.90. The fraction of sp³-hybridized carbons (Fsp3) is 0.722. The van der Waals surface area contributed by atoms with Crippen LogP contribution in [0.4, 0.5) is 4.79 Å². The number of aromatic nitrogens is 1. The first kappa shape index (κ1) is 19.7. The van der Waals surface area contributed by atoms with Crippen LogP contribution in [-0.4, -0.2) is 34.7 Å². The van der Waals surface area contributed by atoms with E-state index in [2.05, 4.69) is 15.6 Å². The summed E-state index contributed by atoms with van der Waals surface area (Å²) in [7, 11) is 0. The third-order valence-electron chi connectivity index (χ3n) is 4.26. The summed E-state index contributed by atoms with van der Waals surface area (Å²) in [5, 5.41) is 6.90. The Kier molecular flexibility index (Phi) is 6.43. The minimum atomic E-state index is -0.542. The van der Waals surface area contributed by atoms with Gasteiger partial charge >= 0.3 is 6.09 Å². The van der Waals surface area contributed by atoms with Crippen molar-refractivity contribution in [2.24, 2.45) is 0 Å². The Labute approximate surface area is 153 Å². The Morgan fingerprint density at radius 3 is 2.40 bits per heavy atom. The summed E-state index contributed by atoms with van der Waals surface area (Å²) in [5.41, 5.74) is -0.992. The number of amides is 2. The number of nitrogens with zero attached hydrogens (tertiary/aromatic N) is 1. The van der Waals surface area contributed by atoms with Gasteiger partial charge in [-0.05, 0) is 40.5 Å². The molecular formula is C18H29N3O3S. The van der Waals surface area contributed by atoms with Gasteiger partial charge in [-0.2, -0.15) is 0 Å². The zero-order valence-corrected chi connectivity index (χ0v) is 16.4. The fourth-order valence-electron chi connectivity index (χ4n) is 3.07. The molecule has 2 N–H and O–H groups in total. The number of rotatable bonds is 4. The van der Waals surface area contributed by atoms with Crippen LogP contribution in [0, 0.1) is 6.92 Å². The largest absolute Gasteiger partial charge is 0.444 e. The molecule has 6 nitrogen and oxygen atoms in total. The molecule has 0 unspecified atom stereocenters. The molecule has 1 aliphatic rings. The molecule has 2 rings (SSSR count). The van der Waals surface area contributed by atoms with Crippen LogP contribution in [0.3, 0.4) is 0 Å². The number of aryl methyl sites for hydroxylation is 1. The first-order valence-corrected chi connectivity index (χ1v) is 9.73. The average Bonchev–Trinajstić information content (AvgIpc) is 2.80. The number of hydrogen-bond acceptors (Lipinski definition) is 5. The summed E-state index contributed by atoms with van der Waals surface area (Å²) in [5.74, 6) is -0.139. The van der Waals surface area contributed by atoms with E-state index in [1.165, 1.54) is 11.3 Å². The van der Waals surface area contributed by atoms with Crippen LogP contribution in [0.1, 0.15) is 74.0 Å². The van der Waals surface area contributed by atoms with Gasteiger partial charge in [0.2, 0.25) is 0 Å². The lowest BCUT2D eigenvalue weighted by Crippen LogP contribution is -2.56. The maximum absolute atomic E-state index is 12.4. The molecule has 0 atom stereocenters. The van der Waals surface area contributed by atoms with Crippen LogP contribution >= 0.6 is 11.3 Å². The van der Waals surface area contributed by atoms with Crippen molar-refractivity contribution >= 4 is 23.3 Å². The molecule has 0 saturated heterocycles. The molecule has 0 aromatic carbocycles. The van der Waals surface area contributed by atoms with Crippen molar-refractivity contribution < 1.29 is 14.3 Å². The molecule has 1 aromatic rings. The van der Waals surface area contributed by atoms with Gasteiger partial charge in [0.15, 0.2) is 0 Å². The van der Waals surface area contributed by atoms with E-state index in [1.807, 2.05) is 27.7 Å². The smallest absolute Gasteiger partial charge is 0.408 e. The van der Waals surface area contributed by atoms with E-state index in [-0.39, 0.29) is 5.91 Å². The fourth-order valence-corrected chi connectivity index (χ4v) is 3.77. The van der Waals surface area contributed by atoms with Gasteiger partial charge in [-0.3, -0.25) is 4.79 Å². The van der Waals surface area contributed by atoms with Crippen LogP contribution in [0.25, 0.3) is 0 Å². The van der Waals surface area contributed by atoms with Crippen LogP contribution in [0.15, 0.2) is 6.20 Å². The highest BCUT2D eigenvalue weighted by Gasteiger charge is 2.34. The second kappa shape index (κ2) is 8.17. The van der Waals surface area contributed by atoms with Gasteiger partial charge in [0.25, 0.3) is 5.91 Å². The van der Waals surface area contributed by atoms with E-state index in [4.69, 9.17) is 4.74 Å².